The molecule has 1 fully saturated rings. The van der Waals surface area contributed by atoms with E-state index in [1.54, 1.807) is 6.07 Å². The molecule has 1 heterocycles. The third-order valence-corrected chi connectivity index (χ3v) is 3.68. The zero-order valence-corrected chi connectivity index (χ0v) is 10.8. The summed E-state index contributed by atoms with van der Waals surface area (Å²) in [7, 11) is 0. The zero-order valence-electron chi connectivity index (χ0n) is 10.0. The van der Waals surface area contributed by atoms with Gasteiger partial charge in [-0.3, -0.25) is 0 Å². The summed E-state index contributed by atoms with van der Waals surface area (Å²) in [5.41, 5.74) is 0.849. The van der Waals surface area contributed by atoms with Gasteiger partial charge >= 0.3 is 0 Å². The summed E-state index contributed by atoms with van der Waals surface area (Å²) in [4.78, 5) is 0. The smallest absolute Gasteiger partial charge is 0.124 e. The molecule has 1 aliphatic rings. The second-order valence-corrected chi connectivity index (χ2v) is 5.07. The number of hydrogen-bond donors (Lipinski definition) is 1. The van der Waals surface area contributed by atoms with Crippen LogP contribution in [0, 0.1) is 11.7 Å². The molecule has 1 aromatic rings. The first-order valence-corrected chi connectivity index (χ1v) is 6.25. The minimum Gasteiger partial charge on any atom is -0.372 e. The topological polar surface area (TPSA) is 21.3 Å². The molecule has 1 N–H and O–H groups in total. The Hall–Kier alpha value is -0.640. The number of benzene rings is 1. The Morgan fingerprint density at radius 1 is 1.41 bits per heavy atom. The molecule has 0 amide bonds. The van der Waals surface area contributed by atoms with Crippen LogP contribution in [-0.2, 0) is 4.74 Å². The van der Waals surface area contributed by atoms with E-state index in [0.717, 1.165) is 5.56 Å². The van der Waals surface area contributed by atoms with Gasteiger partial charge in [-0.05, 0) is 25.0 Å². The highest BCUT2D eigenvalue weighted by Gasteiger charge is 2.23. The monoisotopic (exact) mass is 257 g/mol. The van der Waals surface area contributed by atoms with Gasteiger partial charge in [-0.25, -0.2) is 4.39 Å². The first-order chi connectivity index (χ1) is 8.08. The Balaban J connectivity index is 2.17. The lowest BCUT2D eigenvalue weighted by atomic mass is 10.1. The van der Waals surface area contributed by atoms with Crippen molar-refractivity contribution in [3.63, 3.8) is 0 Å². The standard InChI is InChI=1S/C13H17ClFNO/c1-8-7-17-13(6-16-9(8)2)11-4-3-10(15)5-12(11)14/h3-5,8-9,13,16H,6-7H2,1-2H3. The molecule has 1 saturated heterocycles. The third kappa shape index (κ3) is 2.97. The minimum atomic E-state index is -0.318. The van der Waals surface area contributed by atoms with Gasteiger partial charge in [-0.15, -0.1) is 0 Å². The normalized spacial score (nSPS) is 30.0. The summed E-state index contributed by atoms with van der Waals surface area (Å²) in [6.07, 6.45) is -0.101. The molecule has 2 rings (SSSR count). The molecular formula is C13H17ClFNO. The Bertz CT molecular complexity index is 387. The van der Waals surface area contributed by atoms with Crippen LogP contribution in [0.25, 0.3) is 0 Å². The van der Waals surface area contributed by atoms with E-state index in [9.17, 15) is 4.39 Å². The van der Waals surface area contributed by atoms with Crippen molar-refractivity contribution in [3.05, 3.63) is 34.6 Å². The number of rotatable bonds is 1. The number of ether oxygens (including phenoxy) is 1. The van der Waals surface area contributed by atoms with Crippen LogP contribution >= 0.6 is 11.6 Å². The van der Waals surface area contributed by atoms with Crippen LogP contribution in [-0.4, -0.2) is 19.2 Å². The second kappa shape index (κ2) is 5.34. The number of hydrogen-bond acceptors (Lipinski definition) is 2. The van der Waals surface area contributed by atoms with E-state index in [1.165, 1.54) is 12.1 Å². The Labute approximate surface area is 106 Å². The van der Waals surface area contributed by atoms with Crippen LogP contribution in [0.2, 0.25) is 5.02 Å². The van der Waals surface area contributed by atoms with Gasteiger partial charge in [0.2, 0.25) is 0 Å². The molecule has 2 nitrogen and oxygen atoms in total. The van der Waals surface area contributed by atoms with Gasteiger partial charge in [0.25, 0.3) is 0 Å². The van der Waals surface area contributed by atoms with Crippen LogP contribution in [0.1, 0.15) is 25.5 Å². The largest absolute Gasteiger partial charge is 0.372 e. The molecule has 94 valence electrons. The lowest BCUT2D eigenvalue weighted by Gasteiger charge is -2.17. The predicted molar refractivity (Wildman–Crippen MR) is 66.7 cm³/mol. The molecule has 0 spiro atoms. The van der Waals surface area contributed by atoms with Crippen molar-refractivity contribution >= 4 is 11.6 Å². The molecule has 3 unspecified atom stereocenters. The molecule has 4 heteroatoms. The van der Waals surface area contributed by atoms with Crippen molar-refractivity contribution in [1.82, 2.24) is 5.32 Å². The molecular weight excluding hydrogens is 241 g/mol. The Morgan fingerprint density at radius 3 is 2.88 bits per heavy atom. The van der Waals surface area contributed by atoms with Gasteiger partial charge in [0.1, 0.15) is 5.82 Å². The van der Waals surface area contributed by atoms with Crippen LogP contribution in [0.4, 0.5) is 4.39 Å². The summed E-state index contributed by atoms with van der Waals surface area (Å²) in [6.45, 7) is 5.68. The van der Waals surface area contributed by atoms with Gasteiger partial charge < -0.3 is 10.1 Å². The van der Waals surface area contributed by atoms with Crippen LogP contribution in [0.5, 0.6) is 0 Å². The van der Waals surface area contributed by atoms with E-state index in [2.05, 4.69) is 19.2 Å². The first-order valence-electron chi connectivity index (χ1n) is 5.88. The van der Waals surface area contributed by atoms with Gasteiger partial charge in [0.05, 0.1) is 12.7 Å². The molecule has 3 atom stereocenters. The maximum absolute atomic E-state index is 13.0. The maximum Gasteiger partial charge on any atom is 0.124 e. The Kier molecular flexibility index (Phi) is 4.02. The average Bonchev–Trinajstić information content (AvgIpc) is 2.44. The van der Waals surface area contributed by atoms with Gasteiger partial charge in [0, 0.05) is 23.2 Å². The van der Waals surface area contributed by atoms with Gasteiger partial charge in [-0.2, -0.15) is 0 Å². The van der Waals surface area contributed by atoms with Crippen molar-refractivity contribution in [1.29, 1.82) is 0 Å². The Morgan fingerprint density at radius 2 is 2.18 bits per heavy atom. The number of halogens is 2. The zero-order chi connectivity index (χ0) is 12.4. The summed E-state index contributed by atoms with van der Waals surface area (Å²) < 4.78 is 18.8. The van der Waals surface area contributed by atoms with E-state index in [0.29, 0.717) is 30.1 Å². The predicted octanol–water partition coefficient (Wildman–Crippen LogP) is 3.16. The van der Waals surface area contributed by atoms with E-state index >= 15 is 0 Å². The lowest BCUT2D eigenvalue weighted by molar-refractivity contribution is 0.0496. The molecule has 0 radical (unpaired) electrons. The fourth-order valence-corrected chi connectivity index (χ4v) is 2.22. The molecule has 17 heavy (non-hydrogen) atoms. The highest BCUT2D eigenvalue weighted by molar-refractivity contribution is 6.31. The first kappa shape index (κ1) is 12.8. The van der Waals surface area contributed by atoms with Gasteiger partial charge in [-0.1, -0.05) is 24.6 Å². The molecule has 1 aromatic carbocycles. The van der Waals surface area contributed by atoms with Crippen molar-refractivity contribution in [3.8, 4) is 0 Å². The van der Waals surface area contributed by atoms with Crippen molar-refractivity contribution in [2.45, 2.75) is 26.0 Å². The van der Waals surface area contributed by atoms with Crippen molar-refractivity contribution in [2.24, 2.45) is 5.92 Å². The van der Waals surface area contributed by atoms with E-state index < -0.39 is 0 Å². The fraction of sp³-hybridized carbons (Fsp3) is 0.538. The lowest BCUT2D eigenvalue weighted by Crippen LogP contribution is -2.32. The third-order valence-electron chi connectivity index (χ3n) is 3.35. The summed E-state index contributed by atoms with van der Waals surface area (Å²) in [5, 5.41) is 3.84. The molecule has 0 bridgehead atoms. The summed E-state index contributed by atoms with van der Waals surface area (Å²) >= 11 is 6.04. The fourth-order valence-electron chi connectivity index (χ4n) is 1.93. The van der Waals surface area contributed by atoms with Crippen LogP contribution < -0.4 is 5.32 Å². The highest BCUT2D eigenvalue weighted by Crippen LogP contribution is 2.28. The molecule has 0 aliphatic carbocycles. The van der Waals surface area contributed by atoms with Crippen molar-refractivity contribution < 1.29 is 9.13 Å². The van der Waals surface area contributed by atoms with Crippen molar-refractivity contribution in [2.75, 3.05) is 13.2 Å². The molecule has 1 aliphatic heterocycles. The maximum atomic E-state index is 13.0. The highest BCUT2D eigenvalue weighted by atomic mass is 35.5. The second-order valence-electron chi connectivity index (χ2n) is 4.66. The SMILES string of the molecule is CC1COC(c2ccc(F)cc2Cl)CNC1C. The quantitative estimate of drug-likeness (QED) is 0.835. The molecule has 0 saturated carbocycles. The van der Waals surface area contributed by atoms with E-state index in [4.69, 9.17) is 16.3 Å². The number of nitrogens with one attached hydrogen (secondary N) is 1. The molecule has 0 aromatic heterocycles. The average molecular weight is 258 g/mol. The van der Waals surface area contributed by atoms with E-state index in [-0.39, 0.29) is 11.9 Å². The van der Waals surface area contributed by atoms with Crippen LogP contribution in [0.3, 0.4) is 0 Å². The summed E-state index contributed by atoms with van der Waals surface area (Å²) in [6, 6.07) is 4.87. The van der Waals surface area contributed by atoms with Gasteiger partial charge in [0.15, 0.2) is 0 Å². The summed E-state index contributed by atoms with van der Waals surface area (Å²) in [5.74, 6) is 0.140. The van der Waals surface area contributed by atoms with E-state index in [1.807, 2.05) is 0 Å². The van der Waals surface area contributed by atoms with Crippen LogP contribution in [0.15, 0.2) is 18.2 Å². The minimum absolute atomic E-state index is 0.101.